The smallest absolute Gasteiger partial charge is 0.137 e. The van der Waals surface area contributed by atoms with Crippen molar-refractivity contribution >= 4 is 5.78 Å². The molecule has 2 rings (SSSR count). The van der Waals surface area contributed by atoms with Gasteiger partial charge in [-0.15, -0.1) is 0 Å². The maximum Gasteiger partial charge on any atom is 0.137 e. The normalized spacial score (nSPS) is 25.9. The molecular formula is C15H21NO. The number of aromatic nitrogens is 1. The quantitative estimate of drug-likeness (QED) is 0.781. The number of pyridine rings is 1. The molecule has 0 spiro atoms. The van der Waals surface area contributed by atoms with Crippen molar-refractivity contribution in [1.29, 1.82) is 0 Å². The van der Waals surface area contributed by atoms with Gasteiger partial charge in [0, 0.05) is 30.1 Å². The van der Waals surface area contributed by atoms with Crippen LogP contribution in [0, 0.1) is 11.8 Å². The van der Waals surface area contributed by atoms with E-state index in [0.29, 0.717) is 11.7 Å². The van der Waals surface area contributed by atoms with Gasteiger partial charge in [0.05, 0.1) is 0 Å². The Balaban J connectivity index is 2.24. The van der Waals surface area contributed by atoms with Gasteiger partial charge in [-0.25, -0.2) is 0 Å². The summed E-state index contributed by atoms with van der Waals surface area (Å²) in [4.78, 5) is 16.4. The lowest BCUT2D eigenvalue weighted by atomic mass is 9.65. The predicted octanol–water partition coefficient (Wildman–Crippen LogP) is 3.36. The number of carbonyl (C=O) groups is 1. The average Bonchev–Trinajstić information content (AvgIpc) is 2.29. The van der Waals surface area contributed by atoms with E-state index in [1.165, 1.54) is 12.0 Å². The SMILES string of the molecule is CC1CCC(C(C)(C)c2cccnc2)C(=O)C1. The van der Waals surface area contributed by atoms with E-state index in [9.17, 15) is 4.79 Å². The van der Waals surface area contributed by atoms with Gasteiger partial charge in [-0.05, 0) is 30.4 Å². The highest BCUT2D eigenvalue weighted by atomic mass is 16.1. The van der Waals surface area contributed by atoms with E-state index < -0.39 is 0 Å². The number of rotatable bonds is 2. The summed E-state index contributed by atoms with van der Waals surface area (Å²) in [5, 5.41) is 0. The Morgan fingerprint density at radius 3 is 2.71 bits per heavy atom. The average molecular weight is 231 g/mol. The van der Waals surface area contributed by atoms with Crippen LogP contribution in [-0.2, 0) is 10.2 Å². The van der Waals surface area contributed by atoms with Gasteiger partial charge in [0.1, 0.15) is 5.78 Å². The van der Waals surface area contributed by atoms with Gasteiger partial charge in [0.15, 0.2) is 0 Å². The third kappa shape index (κ3) is 2.41. The minimum absolute atomic E-state index is 0.0918. The fraction of sp³-hybridized carbons (Fsp3) is 0.600. The number of hydrogen-bond donors (Lipinski definition) is 0. The molecule has 0 amide bonds. The van der Waals surface area contributed by atoms with Gasteiger partial charge < -0.3 is 0 Å². The molecule has 0 saturated heterocycles. The molecule has 2 atom stereocenters. The van der Waals surface area contributed by atoms with Crippen molar-refractivity contribution in [2.24, 2.45) is 11.8 Å². The lowest BCUT2D eigenvalue weighted by Gasteiger charge is -2.37. The fourth-order valence-electron chi connectivity index (χ4n) is 2.91. The van der Waals surface area contributed by atoms with Crippen molar-refractivity contribution in [3.8, 4) is 0 Å². The fourth-order valence-corrected chi connectivity index (χ4v) is 2.91. The van der Waals surface area contributed by atoms with Crippen LogP contribution < -0.4 is 0 Å². The molecule has 17 heavy (non-hydrogen) atoms. The molecule has 1 heterocycles. The second-order valence-corrected chi connectivity index (χ2v) is 5.87. The first kappa shape index (κ1) is 12.3. The van der Waals surface area contributed by atoms with Crippen molar-refractivity contribution < 1.29 is 4.79 Å². The van der Waals surface area contributed by atoms with Crippen LogP contribution in [0.2, 0.25) is 0 Å². The van der Waals surface area contributed by atoms with E-state index in [2.05, 4.69) is 31.8 Å². The zero-order valence-corrected chi connectivity index (χ0v) is 10.9. The third-order valence-corrected chi connectivity index (χ3v) is 4.16. The summed E-state index contributed by atoms with van der Waals surface area (Å²) in [7, 11) is 0. The lowest BCUT2D eigenvalue weighted by molar-refractivity contribution is -0.128. The molecule has 0 aromatic carbocycles. The van der Waals surface area contributed by atoms with Gasteiger partial charge in [0.2, 0.25) is 0 Å². The summed E-state index contributed by atoms with van der Waals surface area (Å²) in [6.45, 7) is 6.51. The van der Waals surface area contributed by atoms with E-state index in [-0.39, 0.29) is 11.3 Å². The maximum absolute atomic E-state index is 12.2. The molecule has 1 aromatic rings. The Labute approximate surface area is 103 Å². The lowest BCUT2D eigenvalue weighted by Crippen LogP contribution is -2.38. The molecule has 1 fully saturated rings. The summed E-state index contributed by atoms with van der Waals surface area (Å²) >= 11 is 0. The highest BCUT2D eigenvalue weighted by molar-refractivity contribution is 5.83. The van der Waals surface area contributed by atoms with Crippen LogP contribution in [0.1, 0.15) is 45.6 Å². The Hall–Kier alpha value is -1.18. The van der Waals surface area contributed by atoms with E-state index in [1.54, 1.807) is 6.20 Å². The number of hydrogen-bond acceptors (Lipinski definition) is 2. The second-order valence-electron chi connectivity index (χ2n) is 5.87. The van der Waals surface area contributed by atoms with Crippen molar-refractivity contribution in [2.75, 3.05) is 0 Å². The zero-order valence-electron chi connectivity index (χ0n) is 10.9. The maximum atomic E-state index is 12.2. The molecule has 1 saturated carbocycles. The van der Waals surface area contributed by atoms with Crippen molar-refractivity contribution in [2.45, 2.75) is 45.4 Å². The zero-order chi connectivity index (χ0) is 12.5. The van der Waals surface area contributed by atoms with Crippen LogP contribution in [0.25, 0.3) is 0 Å². The van der Waals surface area contributed by atoms with Crippen molar-refractivity contribution in [1.82, 2.24) is 4.98 Å². The molecule has 92 valence electrons. The van der Waals surface area contributed by atoms with Crippen LogP contribution in [0.3, 0.4) is 0 Å². The molecule has 0 bridgehead atoms. The standard InChI is InChI=1S/C15H21NO/c1-11-6-7-13(14(17)9-11)15(2,3)12-5-4-8-16-10-12/h4-5,8,10-11,13H,6-7,9H2,1-3H3. The summed E-state index contributed by atoms with van der Waals surface area (Å²) in [5.41, 5.74) is 1.08. The Morgan fingerprint density at radius 2 is 2.12 bits per heavy atom. The van der Waals surface area contributed by atoms with Crippen LogP contribution in [-0.4, -0.2) is 10.8 Å². The molecule has 1 aromatic heterocycles. The van der Waals surface area contributed by atoms with Crippen LogP contribution in [0.15, 0.2) is 24.5 Å². The summed E-state index contributed by atoms with van der Waals surface area (Å²) < 4.78 is 0. The van der Waals surface area contributed by atoms with E-state index in [4.69, 9.17) is 0 Å². The molecule has 0 aliphatic heterocycles. The van der Waals surface area contributed by atoms with Crippen LogP contribution in [0.4, 0.5) is 0 Å². The molecule has 1 aliphatic carbocycles. The monoisotopic (exact) mass is 231 g/mol. The highest BCUT2D eigenvalue weighted by Gasteiger charge is 2.39. The molecule has 1 aliphatic rings. The topological polar surface area (TPSA) is 30.0 Å². The Bertz CT molecular complexity index is 397. The number of nitrogens with zero attached hydrogens (tertiary/aromatic N) is 1. The minimum Gasteiger partial charge on any atom is -0.299 e. The van der Waals surface area contributed by atoms with E-state index in [0.717, 1.165) is 12.8 Å². The number of Topliss-reactive ketones (excluding diaryl/α,β-unsaturated/α-hetero) is 1. The molecule has 2 unspecified atom stereocenters. The van der Waals surface area contributed by atoms with E-state index in [1.807, 2.05) is 12.3 Å². The first-order valence-corrected chi connectivity index (χ1v) is 6.45. The molecule has 2 heteroatoms. The summed E-state index contributed by atoms with van der Waals surface area (Å²) in [6.07, 6.45) is 6.60. The van der Waals surface area contributed by atoms with Crippen LogP contribution >= 0.6 is 0 Å². The van der Waals surface area contributed by atoms with Gasteiger partial charge in [-0.3, -0.25) is 9.78 Å². The molecule has 2 nitrogen and oxygen atoms in total. The van der Waals surface area contributed by atoms with E-state index >= 15 is 0 Å². The molecule has 0 radical (unpaired) electrons. The van der Waals surface area contributed by atoms with Crippen LogP contribution in [0.5, 0.6) is 0 Å². The minimum atomic E-state index is -0.0918. The number of carbonyl (C=O) groups excluding carboxylic acids is 1. The summed E-state index contributed by atoms with van der Waals surface area (Å²) in [5.74, 6) is 1.14. The van der Waals surface area contributed by atoms with Gasteiger partial charge in [0.25, 0.3) is 0 Å². The first-order chi connectivity index (χ1) is 8.01. The first-order valence-electron chi connectivity index (χ1n) is 6.45. The molecular weight excluding hydrogens is 210 g/mol. The highest BCUT2D eigenvalue weighted by Crippen LogP contribution is 2.39. The Kier molecular flexibility index (Phi) is 3.32. The largest absolute Gasteiger partial charge is 0.299 e. The molecule has 0 N–H and O–H groups in total. The third-order valence-electron chi connectivity index (χ3n) is 4.16. The summed E-state index contributed by atoms with van der Waals surface area (Å²) in [6, 6.07) is 4.03. The van der Waals surface area contributed by atoms with Gasteiger partial charge in [-0.2, -0.15) is 0 Å². The number of ketones is 1. The second kappa shape index (κ2) is 4.59. The van der Waals surface area contributed by atoms with Gasteiger partial charge in [-0.1, -0.05) is 26.8 Å². The van der Waals surface area contributed by atoms with Crippen molar-refractivity contribution in [3.05, 3.63) is 30.1 Å². The van der Waals surface area contributed by atoms with Gasteiger partial charge >= 0.3 is 0 Å². The van der Waals surface area contributed by atoms with Crippen molar-refractivity contribution in [3.63, 3.8) is 0 Å². The Morgan fingerprint density at radius 1 is 1.35 bits per heavy atom. The predicted molar refractivity (Wildman–Crippen MR) is 68.8 cm³/mol.